The topological polar surface area (TPSA) is 156 Å². The molecule has 0 saturated carbocycles. The summed E-state index contributed by atoms with van der Waals surface area (Å²) in [4.78, 5) is 50.9. The monoisotopic (exact) mass is 563 g/mol. The highest BCUT2D eigenvalue weighted by atomic mass is 32.1. The maximum absolute atomic E-state index is 13.6. The van der Waals surface area contributed by atoms with Gasteiger partial charge in [-0.2, -0.15) is 0 Å². The molecule has 6 N–H and O–H groups in total. The molecule has 212 valence electrons. The van der Waals surface area contributed by atoms with Crippen molar-refractivity contribution >= 4 is 45.1 Å². The predicted octanol–water partition coefficient (Wildman–Crippen LogP) is 2.15. The highest BCUT2D eigenvalue weighted by molar-refractivity contribution is 7.20. The van der Waals surface area contributed by atoms with Crippen molar-refractivity contribution in [3.05, 3.63) is 64.7 Å². The van der Waals surface area contributed by atoms with E-state index in [0.717, 1.165) is 21.3 Å². The molecule has 0 spiro atoms. The van der Waals surface area contributed by atoms with Gasteiger partial charge in [0, 0.05) is 13.1 Å². The Morgan fingerprint density at radius 2 is 1.93 bits per heavy atom. The number of ketones is 1. The van der Waals surface area contributed by atoms with Crippen LogP contribution in [0.2, 0.25) is 0 Å². The van der Waals surface area contributed by atoms with Gasteiger partial charge in [-0.1, -0.05) is 36.4 Å². The number of hydrogen-bond acceptors (Lipinski definition) is 7. The molecule has 3 aromatic rings. The number of aromatic nitrogens is 1. The van der Waals surface area contributed by atoms with Gasteiger partial charge in [0.2, 0.25) is 17.6 Å². The van der Waals surface area contributed by atoms with E-state index in [2.05, 4.69) is 20.6 Å². The molecule has 10 nitrogen and oxygen atoms in total. The lowest BCUT2D eigenvalue weighted by Crippen LogP contribution is -2.54. The first-order valence-electron chi connectivity index (χ1n) is 13.6. The summed E-state index contributed by atoms with van der Waals surface area (Å²) in [7, 11) is 1.75. The first kappa shape index (κ1) is 29.2. The van der Waals surface area contributed by atoms with E-state index in [9.17, 15) is 14.4 Å². The molecular weight excluding hydrogens is 526 g/mol. The third-order valence-corrected chi connectivity index (χ3v) is 8.13. The van der Waals surface area contributed by atoms with Crippen LogP contribution in [0, 0.1) is 6.92 Å². The molecule has 2 amide bonds. The number of nitrogens with zero attached hydrogens (tertiary/aromatic N) is 3. The summed E-state index contributed by atoms with van der Waals surface area (Å²) < 4.78 is 0.915. The van der Waals surface area contributed by atoms with Crippen molar-refractivity contribution < 1.29 is 14.4 Å². The molecule has 2 aromatic carbocycles. The Morgan fingerprint density at radius 1 is 1.15 bits per heavy atom. The summed E-state index contributed by atoms with van der Waals surface area (Å²) in [5, 5.41) is 6.39. The zero-order valence-corrected chi connectivity index (χ0v) is 23.7. The summed E-state index contributed by atoms with van der Waals surface area (Å²) >= 11 is 1.31. The average Bonchev–Trinajstić information content (AvgIpc) is 3.60. The molecule has 0 aliphatic carbocycles. The second-order valence-electron chi connectivity index (χ2n) is 10.1. The van der Waals surface area contributed by atoms with Crippen molar-refractivity contribution in [2.75, 3.05) is 20.1 Å². The van der Waals surface area contributed by atoms with Crippen LogP contribution in [0.25, 0.3) is 10.2 Å². The summed E-state index contributed by atoms with van der Waals surface area (Å²) in [5.41, 5.74) is 13.8. The fraction of sp³-hybridized carbons (Fsp3) is 0.414. The number of hydrogen-bond donors (Lipinski definition) is 4. The lowest BCUT2D eigenvalue weighted by Gasteiger charge is -2.29. The molecule has 11 heteroatoms. The van der Waals surface area contributed by atoms with E-state index in [-0.39, 0.29) is 23.6 Å². The quantitative estimate of drug-likeness (QED) is 0.114. The fourth-order valence-electron chi connectivity index (χ4n) is 4.99. The van der Waals surface area contributed by atoms with Crippen molar-refractivity contribution in [2.45, 2.75) is 57.2 Å². The minimum absolute atomic E-state index is 0.0249. The number of carbonyl (C=O) groups excluding carboxylic acids is 3. The van der Waals surface area contributed by atoms with Crippen LogP contribution >= 0.6 is 11.3 Å². The van der Waals surface area contributed by atoms with Crippen LogP contribution in [0.15, 0.2) is 53.5 Å². The van der Waals surface area contributed by atoms with E-state index in [4.69, 9.17) is 11.5 Å². The number of thiazole rings is 1. The number of carbonyl (C=O) groups is 3. The fourth-order valence-corrected chi connectivity index (χ4v) is 6.05. The Bertz CT molecular complexity index is 1370. The van der Waals surface area contributed by atoms with Crippen molar-refractivity contribution in [1.82, 2.24) is 20.5 Å². The molecule has 1 aromatic heterocycles. The molecule has 1 saturated heterocycles. The van der Waals surface area contributed by atoms with Gasteiger partial charge in [-0.05, 0) is 69.3 Å². The Morgan fingerprint density at radius 3 is 2.65 bits per heavy atom. The van der Waals surface area contributed by atoms with E-state index >= 15 is 0 Å². The van der Waals surface area contributed by atoms with Crippen molar-refractivity contribution in [1.29, 1.82) is 0 Å². The van der Waals surface area contributed by atoms with Gasteiger partial charge in [0.15, 0.2) is 11.0 Å². The molecule has 0 radical (unpaired) electrons. The van der Waals surface area contributed by atoms with Crippen LogP contribution < -0.4 is 22.1 Å². The minimum atomic E-state index is -0.815. The van der Waals surface area contributed by atoms with Crippen molar-refractivity contribution in [3.63, 3.8) is 0 Å². The van der Waals surface area contributed by atoms with E-state index in [1.807, 2.05) is 55.5 Å². The third kappa shape index (κ3) is 7.22. The number of likely N-dealkylation sites (tertiary alicyclic amines) is 1. The Balaban J connectivity index is 1.49. The van der Waals surface area contributed by atoms with Crippen LogP contribution in [-0.2, 0) is 16.0 Å². The van der Waals surface area contributed by atoms with Crippen LogP contribution in [0.4, 0.5) is 0 Å². The van der Waals surface area contributed by atoms with Gasteiger partial charge in [-0.3, -0.25) is 19.4 Å². The van der Waals surface area contributed by atoms with E-state index in [0.29, 0.717) is 50.2 Å². The number of aliphatic imine (C=N–C) groups is 1. The average molecular weight is 564 g/mol. The number of guanidine groups is 1. The van der Waals surface area contributed by atoms with Crippen LogP contribution in [0.3, 0.4) is 0 Å². The maximum atomic E-state index is 13.6. The third-order valence-electron chi connectivity index (χ3n) is 7.10. The second kappa shape index (κ2) is 13.5. The summed E-state index contributed by atoms with van der Waals surface area (Å²) in [6, 6.07) is 13.7. The number of nitrogens with two attached hydrogens (primary N) is 2. The van der Waals surface area contributed by atoms with Gasteiger partial charge in [0.1, 0.15) is 6.04 Å². The maximum Gasteiger partial charge on any atom is 0.243 e. The molecular formula is C29H37N7O3S. The zero-order valence-electron chi connectivity index (χ0n) is 22.9. The highest BCUT2D eigenvalue weighted by Gasteiger charge is 2.38. The second-order valence-corrected chi connectivity index (χ2v) is 11.1. The largest absolute Gasteiger partial charge is 0.370 e. The van der Waals surface area contributed by atoms with Crippen molar-refractivity contribution in [2.24, 2.45) is 16.5 Å². The number of benzene rings is 2. The number of fused-ring (bicyclic) bond motifs is 1. The SMILES string of the molecule is CNC(Cc1ccccc1)C(=O)N1CCCC1C(=O)NC(CCCN=C(N)N)C(=O)c1nc2ccc(C)cc2s1. The predicted molar refractivity (Wildman–Crippen MR) is 158 cm³/mol. The standard InChI is InChI=1S/C29H37N7O3S/c1-18-12-13-20-24(16-18)40-27(35-20)25(37)21(10-6-14-33-29(30)31)34-26(38)23-11-7-15-36(23)28(39)22(32-2)17-19-8-4-3-5-9-19/h3-5,8-9,12-13,16,21-23,32H,6-7,10-11,14-15,17H2,1-2H3,(H,34,38)(H4,30,31,33). The number of Topliss-reactive ketones (excluding diaryl/α,β-unsaturated/α-hetero) is 1. The Hall–Kier alpha value is -3.83. The van der Waals surface area contributed by atoms with Gasteiger partial charge < -0.3 is 27.0 Å². The van der Waals surface area contributed by atoms with E-state index < -0.39 is 18.1 Å². The first-order valence-corrected chi connectivity index (χ1v) is 14.4. The lowest BCUT2D eigenvalue weighted by molar-refractivity contribution is -0.140. The summed E-state index contributed by atoms with van der Waals surface area (Å²) in [5.74, 6) is -0.744. The smallest absolute Gasteiger partial charge is 0.243 e. The number of likely N-dealkylation sites (N-methyl/N-ethyl adjacent to an activating group) is 1. The number of nitrogens with one attached hydrogen (secondary N) is 2. The molecule has 1 aliphatic rings. The van der Waals surface area contributed by atoms with Gasteiger partial charge >= 0.3 is 0 Å². The molecule has 2 heterocycles. The lowest BCUT2D eigenvalue weighted by atomic mass is 10.0. The van der Waals surface area contributed by atoms with Gasteiger partial charge in [-0.25, -0.2) is 4.98 Å². The number of amides is 2. The summed E-state index contributed by atoms with van der Waals surface area (Å²) in [6.07, 6.45) is 2.60. The Labute approximate surface area is 238 Å². The van der Waals surface area contributed by atoms with Crippen LogP contribution in [-0.4, -0.2) is 71.7 Å². The molecule has 4 rings (SSSR count). The Kier molecular flexibility index (Phi) is 9.84. The highest BCUT2D eigenvalue weighted by Crippen LogP contribution is 2.25. The van der Waals surface area contributed by atoms with Gasteiger partial charge in [-0.15, -0.1) is 11.3 Å². The summed E-state index contributed by atoms with van der Waals surface area (Å²) in [6.45, 7) is 2.81. The molecule has 0 bridgehead atoms. The van der Waals surface area contributed by atoms with E-state index in [1.54, 1.807) is 11.9 Å². The normalized spacial score (nSPS) is 16.4. The first-order chi connectivity index (χ1) is 19.3. The molecule has 40 heavy (non-hydrogen) atoms. The molecule has 3 unspecified atom stereocenters. The van der Waals surface area contributed by atoms with Gasteiger partial charge in [0.05, 0.1) is 22.3 Å². The molecule has 3 atom stereocenters. The minimum Gasteiger partial charge on any atom is -0.370 e. The number of rotatable bonds is 12. The molecule has 1 aliphatic heterocycles. The van der Waals surface area contributed by atoms with E-state index in [1.165, 1.54) is 11.3 Å². The molecule has 1 fully saturated rings. The van der Waals surface area contributed by atoms with Crippen molar-refractivity contribution in [3.8, 4) is 0 Å². The van der Waals surface area contributed by atoms with Gasteiger partial charge in [0.25, 0.3) is 0 Å². The van der Waals surface area contributed by atoms with Crippen LogP contribution in [0.1, 0.15) is 46.6 Å². The zero-order chi connectivity index (χ0) is 28.6. The number of aryl methyl sites for hydroxylation is 1. The van der Waals surface area contributed by atoms with Crippen LogP contribution in [0.5, 0.6) is 0 Å².